The topological polar surface area (TPSA) is 53.0 Å². The molecule has 0 saturated carbocycles. The van der Waals surface area contributed by atoms with E-state index < -0.39 is 0 Å². The maximum Gasteiger partial charge on any atom is 0.194 e. The monoisotopic (exact) mass is 387 g/mol. The largest absolute Gasteiger partial charge is 0.378 e. The Morgan fingerprint density at radius 1 is 1.29 bits per heavy atom. The summed E-state index contributed by atoms with van der Waals surface area (Å²) in [5, 5.41) is 3.52. The van der Waals surface area contributed by atoms with Gasteiger partial charge < -0.3 is 19.9 Å². The third-order valence-corrected chi connectivity index (χ3v) is 5.85. The van der Waals surface area contributed by atoms with Crippen LogP contribution in [0.3, 0.4) is 0 Å². The molecule has 1 aromatic heterocycles. The smallest absolute Gasteiger partial charge is 0.194 e. The Morgan fingerprint density at radius 2 is 2.11 bits per heavy atom. The maximum absolute atomic E-state index is 5.50. The van der Waals surface area contributed by atoms with Crippen LogP contribution >= 0.6 is 0 Å². The fourth-order valence-electron chi connectivity index (χ4n) is 4.50. The summed E-state index contributed by atoms with van der Waals surface area (Å²) in [6.45, 7) is 13.9. The number of piperidine rings is 1. The molecule has 2 fully saturated rings. The molecule has 2 saturated heterocycles. The number of ether oxygens (including phenoxy) is 1. The highest BCUT2D eigenvalue weighted by Crippen LogP contribution is 2.34. The summed E-state index contributed by atoms with van der Waals surface area (Å²) in [6.07, 6.45) is 6.97. The third kappa shape index (κ3) is 5.37. The average molecular weight is 388 g/mol. The first-order valence-electron chi connectivity index (χ1n) is 10.9. The number of anilines is 1. The van der Waals surface area contributed by atoms with E-state index in [1.807, 2.05) is 12.3 Å². The van der Waals surface area contributed by atoms with Gasteiger partial charge in [0.25, 0.3) is 0 Å². The van der Waals surface area contributed by atoms with Crippen molar-refractivity contribution >= 4 is 11.8 Å². The van der Waals surface area contributed by atoms with Crippen LogP contribution in [-0.4, -0.2) is 61.8 Å². The first-order valence-corrected chi connectivity index (χ1v) is 10.9. The average Bonchev–Trinajstić information content (AvgIpc) is 2.72. The predicted octanol–water partition coefficient (Wildman–Crippen LogP) is 3.29. The maximum atomic E-state index is 5.50. The molecule has 0 spiro atoms. The van der Waals surface area contributed by atoms with E-state index in [-0.39, 0.29) is 0 Å². The lowest BCUT2D eigenvalue weighted by atomic mass is 9.78. The van der Waals surface area contributed by atoms with Gasteiger partial charge in [-0.25, -0.2) is 9.98 Å². The van der Waals surface area contributed by atoms with E-state index in [0.717, 1.165) is 57.7 Å². The Kier molecular flexibility index (Phi) is 7.54. The summed E-state index contributed by atoms with van der Waals surface area (Å²) >= 11 is 0. The van der Waals surface area contributed by atoms with Gasteiger partial charge in [-0.15, -0.1) is 0 Å². The van der Waals surface area contributed by atoms with Crippen molar-refractivity contribution in [2.75, 3.05) is 50.8 Å². The molecule has 2 aliphatic heterocycles. The highest BCUT2D eigenvalue weighted by molar-refractivity contribution is 5.80. The van der Waals surface area contributed by atoms with Crippen LogP contribution < -0.4 is 10.2 Å². The molecule has 3 rings (SSSR count). The fraction of sp³-hybridized carbons (Fsp3) is 0.727. The Labute approximate surface area is 170 Å². The van der Waals surface area contributed by atoms with Crippen LogP contribution in [0.15, 0.2) is 23.3 Å². The number of likely N-dealkylation sites (tertiary alicyclic amines) is 1. The van der Waals surface area contributed by atoms with Gasteiger partial charge in [-0.05, 0) is 37.7 Å². The number of hydrogen-bond acceptors (Lipinski definition) is 4. The van der Waals surface area contributed by atoms with Crippen LogP contribution in [0.25, 0.3) is 0 Å². The lowest BCUT2D eigenvalue weighted by Gasteiger charge is -2.42. The summed E-state index contributed by atoms with van der Waals surface area (Å²) in [5.41, 5.74) is 1.59. The molecule has 0 amide bonds. The fourth-order valence-corrected chi connectivity index (χ4v) is 4.50. The standard InChI is InChI=1S/C22H37N5O/c1-4-9-22(3)10-7-12-27(18-22)21(23-5-2)25-17-19-8-6-11-24-20(19)26-13-15-28-16-14-26/h6,8,11H,4-5,7,9-10,12-18H2,1-3H3,(H,23,25). The lowest BCUT2D eigenvalue weighted by molar-refractivity contribution is 0.122. The van der Waals surface area contributed by atoms with Crippen molar-refractivity contribution in [3.05, 3.63) is 23.9 Å². The molecule has 2 aliphatic rings. The summed E-state index contributed by atoms with van der Waals surface area (Å²) in [5.74, 6) is 2.10. The number of rotatable bonds is 6. The Morgan fingerprint density at radius 3 is 2.86 bits per heavy atom. The van der Waals surface area contributed by atoms with Gasteiger partial charge in [0.1, 0.15) is 5.82 Å². The number of hydrogen-bond donors (Lipinski definition) is 1. The van der Waals surface area contributed by atoms with Crippen LogP contribution in [0.5, 0.6) is 0 Å². The van der Waals surface area contributed by atoms with Gasteiger partial charge in [0.2, 0.25) is 0 Å². The Bertz CT molecular complexity index is 640. The van der Waals surface area contributed by atoms with Crippen molar-refractivity contribution in [2.45, 2.75) is 53.0 Å². The van der Waals surface area contributed by atoms with E-state index in [1.165, 1.54) is 31.2 Å². The zero-order valence-electron chi connectivity index (χ0n) is 17.9. The summed E-state index contributed by atoms with van der Waals surface area (Å²) < 4.78 is 5.50. The number of pyridine rings is 1. The number of guanidine groups is 1. The molecule has 1 aromatic rings. The SMILES string of the molecule is CCCC1(C)CCCN(C(=NCc2cccnc2N2CCOCC2)NCC)C1. The van der Waals surface area contributed by atoms with E-state index in [0.29, 0.717) is 12.0 Å². The molecule has 156 valence electrons. The summed E-state index contributed by atoms with van der Waals surface area (Å²) in [7, 11) is 0. The quantitative estimate of drug-likeness (QED) is 0.600. The van der Waals surface area contributed by atoms with Gasteiger partial charge in [0.05, 0.1) is 19.8 Å². The summed E-state index contributed by atoms with van der Waals surface area (Å²) in [6, 6.07) is 4.17. The number of nitrogens with zero attached hydrogens (tertiary/aromatic N) is 4. The van der Waals surface area contributed by atoms with Gasteiger partial charge in [0.15, 0.2) is 5.96 Å². The van der Waals surface area contributed by atoms with E-state index in [2.05, 4.69) is 46.9 Å². The van der Waals surface area contributed by atoms with Crippen LogP contribution in [-0.2, 0) is 11.3 Å². The van der Waals surface area contributed by atoms with Crippen molar-refractivity contribution in [1.82, 2.24) is 15.2 Å². The summed E-state index contributed by atoms with van der Waals surface area (Å²) in [4.78, 5) is 14.5. The number of nitrogens with one attached hydrogen (secondary N) is 1. The minimum atomic E-state index is 0.399. The molecule has 0 radical (unpaired) electrons. The first kappa shape index (κ1) is 20.9. The van der Waals surface area contributed by atoms with Crippen molar-refractivity contribution in [3.8, 4) is 0 Å². The first-order chi connectivity index (χ1) is 13.6. The molecule has 0 aliphatic carbocycles. The number of aliphatic imine (C=N–C) groups is 1. The third-order valence-electron chi connectivity index (χ3n) is 5.85. The van der Waals surface area contributed by atoms with Gasteiger partial charge >= 0.3 is 0 Å². The van der Waals surface area contributed by atoms with Crippen LogP contribution in [0.1, 0.15) is 52.0 Å². The second kappa shape index (κ2) is 10.1. The second-order valence-electron chi connectivity index (χ2n) is 8.34. The number of aromatic nitrogens is 1. The van der Waals surface area contributed by atoms with Gasteiger partial charge in [-0.3, -0.25) is 0 Å². The second-order valence-corrected chi connectivity index (χ2v) is 8.34. The van der Waals surface area contributed by atoms with E-state index in [9.17, 15) is 0 Å². The van der Waals surface area contributed by atoms with E-state index in [4.69, 9.17) is 9.73 Å². The zero-order valence-corrected chi connectivity index (χ0v) is 17.9. The molecule has 6 nitrogen and oxygen atoms in total. The van der Waals surface area contributed by atoms with Crippen molar-refractivity contribution in [3.63, 3.8) is 0 Å². The van der Waals surface area contributed by atoms with Crippen LogP contribution in [0, 0.1) is 5.41 Å². The molecule has 1 unspecified atom stereocenters. The molecule has 1 atom stereocenters. The number of morpholine rings is 1. The lowest BCUT2D eigenvalue weighted by Crippen LogP contribution is -2.49. The molecular weight excluding hydrogens is 350 g/mol. The van der Waals surface area contributed by atoms with Gasteiger partial charge in [-0.1, -0.05) is 26.3 Å². The molecule has 28 heavy (non-hydrogen) atoms. The van der Waals surface area contributed by atoms with Crippen molar-refractivity contribution in [1.29, 1.82) is 0 Å². The highest BCUT2D eigenvalue weighted by atomic mass is 16.5. The molecule has 1 N–H and O–H groups in total. The predicted molar refractivity (Wildman–Crippen MR) is 116 cm³/mol. The molecule has 0 bridgehead atoms. The normalized spacial score (nSPS) is 23.8. The molecule has 6 heteroatoms. The Balaban J connectivity index is 1.74. The van der Waals surface area contributed by atoms with Gasteiger partial charge in [-0.2, -0.15) is 0 Å². The molecule has 3 heterocycles. The molecule has 0 aromatic carbocycles. The van der Waals surface area contributed by atoms with Gasteiger partial charge in [0, 0.05) is 44.5 Å². The zero-order chi connectivity index (χ0) is 19.8. The van der Waals surface area contributed by atoms with Crippen molar-refractivity contribution in [2.24, 2.45) is 10.4 Å². The van der Waals surface area contributed by atoms with Crippen LogP contribution in [0.2, 0.25) is 0 Å². The van der Waals surface area contributed by atoms with Crippen molar-refractivity contribution < 1.29 is 4.74 Å². The van der Waals surface area contributed by atoms with E-state index >= 15 is 0 Å². The highest BCUT2D eigenvalue weighted by Gasteiger charge is 2.31. The molecular formula is C22H37N5O. The minimum absolute atomic E-state index is 0.399. The van der Waals surface area contributed by atoms with E-state index in [1.54, 1.807) is 0 Å². The minimum Gasteiger partial charge on any atom is -0.378 e. The Hall–Kier alpha value is -1.82. The van der Waals surface area contributed by atoms with Crippen LogP contribution in [0.4, 0.5) is 5.82 Å².